The number of rotatable bonds is 0. The Bertz CT molecular complexity index is 518. The normalized spacial score (nSPS) is 20.5. The summed E-state index contributed by atoms with van der Waals surface area (Å²) < 4.78 is 1.06. The SMILES string of the molecule is OC1CCCc2[nH]c3ccc(Br)cc3c21. The number of aromatic nitrogens is 1. The number of hydrogen-bond donors (Lipinski definition) is 2. The molecule has 0 radical (unpaired) electrons. The topological polar surface area (TPSA) is 36.0 Å². The van der Waals surface area contributed by atoms with Crippen LogP contribution >= 0.6 is 15.9 Å². The maximum Gasteiger partial charge on any atom is 0.0813 e. The fourth-order valence-corrected chi connectivity index (χ4v) is 2.80. The van der Waals surface area contributed by atoms with Gasteiger partial charge in [-0.2, -0.15) is 0 Å². The lowest BCUT2D eigenvalue weighted by atomic mass is 9.93. The molecule has 2 nitrogen and oxygen atoms in total. The van der Waals surface area contributed by atoms with Gasteiger partial charge >= 0.3 is 0 Å². The van der Waals surface area contributed by atoms with Gasteiger partial charge in [0.25, 0.3) is 0 Å². The van der Waals surface area contributed by atoms with Gasteiger partial charge in [-0.05, 0) is 37.5 Å². The summed E-state index contributed by atoms with van der Waals surface area (Å²) in [6.45, 7) is 0. The van der Waals surface area contributed by atoms with Gasteiger partial charge in [0, 0.05) is 26.6 Å². The summed E-state index contributed by atoms with van der Waals surface area (Å²) in [6, 6.07) is 6.17. The predicted molar refractivity (Wildman–Crippen MR) is 63.9 cm³/mol. The smallest absolute Gasteiger partial charge is 0.0813 e. The Morgan fingerprint density at radius 1 is 1.40 bits per heavy atom. The Morgan fingerprint density at radius 3 is 3.13 bits per heavy atom. The van der Waals surface area contributed by atoms with Crippen molar-refractivity contribution < 1.29 is 5.11 Å². The zero-order valence-electron chi connectivity index (χ0n) is 8.26. The van der Waals surface area contributed by atoms with Crippen molar-refractivity contribution in [2.24, 2.45) is 0 Å². The second kappa shape index (κ2) is 3.35. The summed E-state index contributed by atoms with van der Waals surface area (Å²) in [5, 5.41) is 11.2. The van der Waals surface area contributed by atoms with E-state index in [-0.39, 0.29) is 6.10 Å². The van der Waals surface area contributed by atoms with Crippen LogP contribution in [0.15, 0.2) is 22.7 Å². The zero-order chi connectivity index (χ0) is 10.4. The molecule has 1 unspecified atom stereocenters. The monoisotopic (exact) mass is 265 g/mol. The van der Waals surface area contributed by atoms with E-state index in [1.807, 2.05) is 6.07 Å². The second-order valence-electron chi connectivity index (χ2n) is 4.12. The molecule has 0 spiro atoms. The molecule has 1 aliphatic carbocycles. The number of aryl methyl sites for hydroxylation is 1. The molecule has 1 atom stereocenters. The van der Waals surface area contributed by atoms with Gasteiger partial charge in [-0.25, -0.2) is 0 Å². The first-order chi connectivity index (χ1) is 7.25. The Labute approximate surface area is 96.4 Å². The number of H-pyrrole nitrogens is 1. The molecule has 78 valence electrons. The number of hydrogen-bond acceptors (Lipinski definition) is 1. The molecule has 0 fully saturated rings. The van der Waals surface area contributed by atoms with Crippen LogP contribution < -0.4 is 0 Å². The fourth-order valence-electron chi connectivity index (χ4n) is 2.44. The van der Waals surface area contributed by atoms with Gasteiger partial charge < -0.3 is 10.1 Å². The maximum atomic E-state index is 10.0. The van der Waals surface area contributed by atoms with Crippen LogP contribution in [0.2, 0.25) is 0 Å². The van der Waals surface area contributed by atoms with Crippen LogP contribution in [0.3, 0.4) is 0 Å². The zero-order valence-corrected chi connectivity index (χ0v) is 9.84. The molecule has 0 amide bonds. The molecule has 3 rings (SSSR count). The summed E-state index contributed by atoms with van der Waals surface area (Å²) in [6.07, 6.45) is 2.71. The maximum absolute atomic E-state index is 10.0. The average Bonchev–Trinajstić information content (AvgIpc) is 2.57. The summed E-state index contributed by atoms with van der Waals surface area (Å²) in [4.78, 5) is 3.39. The highest BCUT2D eigenvalue weighted by atomic mass is 79.9. The van der Waals surface area contributed by atoms with E-state index in [4.69, 9.17) is 0 Å². The van der Waals surface area contributed by atoms with Gasteiger partial charge in [-0.3, -0.25) is 0 Å². The lowest BCUT2D eigenvalue weighted by Crippen LogP contribution is -2.07. The predicted octanol–water partition coefficient (Wildman–Crippen LogP) is 3.30. The van der Waals surface area contributed by atoms with Gasteiger partial charge in [-0.1, -0.05) is 15.9 Å². The van der Waals surface area contributed by atoms with Crippen LogP contribution in [0.5, 0.6) is 0 Å². The Kier molecular flexibility index (Phi) is 2.11. The first kappa shape index (κ1) is 9.43. The number of aliphatic hydroxyl groups excluding tert-OH is 1. The van der Waals surface area contributed by atoms with Crippen LogP contribution in [-0.2, 0) is 6.42 Å². The first-order valence-electron chi connectivity index (χ1n) is 5.24. The van der Waals surface area contributed by atoms with Crippen molar-refractivity contribution in [2.75, 3.05) is 0 Å². The highest BCUT2D eigenvalue weighted by Gasteiger charge is 2.22. The van der Waals surface area contributed by atoms with Crippen molar-refractivity contribution in [1.82, 2.24) is 4.98 Å². The van der Waals surface area contributed by atoms with Gasteiger partial charge in [0.15, 0.2) is 0 Å². The molecule has 0 bridgehead atoms. The van der Waals surface area contributed by atoms with E-state index >= 15 is 0 Å². The Balaban J connectivity index is 2.33. The molecule has 1 aliphatic rings. The second-order valence-corrected chi connectivity index (χ2v) is 5.03. The van der Waals surface area contributed by atoms with E-state index in [0.29, 0.717) is 0 Å². The molecule has 0 aliphatic heterocycles. The van der Waals surface area contributed by atoms with Crippen LogP contribution in [0, 0.1) is 0 Å². The van der Waals surface area contributed by atoms with Crippen LogP contribution in [0.4, 0.5) is 0 Å². The number of aliphatic hydroxyl groups is 1. The van der Waals surface area contributed by atoms with Gasteiger partial charge in [0.1, 0.15) is 0 Å². The lowest BCUT2D eigenvalue weighted by Gasteiger charge is -2.17. The van der Waals surface area contributed by atoms with Crippen LogP contribution in [0.25, 0.3) is 10.9 Å². The van der Waals surface area contributed by atoms with Crippen LogP contribution in [0.1, 0.15) is 30.2 Å². The number of fused-ring (bicyclic) bond motifs is 3. The molecule has 2 N–H and O–H groups in total. The molecule has 0 saturated carbocycles. The number of halogens is 1. The van der Waals surface area contributed by atoms with Crippen molar-refractivity contribution >= 4 is 26.8 Å². The van der Waals surface area contributed by atoms with E-state index in [1.54, 1.807) is 0 Å². The van der Waals surface area contributed by atoms with E-state index in [0.717, 1.165) is 40.2 Å². The van der Waals surface area contributed by atoms with Gasteiger partial charge in [0.2, 0.25) is 0 Å². The molecular formula is C12H12BrNO. The van der Waals surface area contributed by atoms with E-state index in [1.165, 1.54) is 5.69 Å². The molecule has 1 aromatic heterocycles. The molecule has 1 aromatic carbocycles. The van der Waals surface area contributed by atoms with Crippen molar-refractivity contribution in [1.29, 1.82) is 0 Å². The Morgan fingerprint density at radius 2 is 2.27 bits per heavy atom. The first-order valence-corrected chi connectivity index (χ1v) is 6.03. The molecule has 2 aromatic rings. The quantitative estimate of drug-likeness (QED) is 0.754. The van der Waals surface area contributed by atoms with Gasteiger partial charge in [0.05, 0.1) is 6.10 Å². The summed E-state index contributed by atoms with van der Waals surface area (Å²) in [7, 11) is 0. The van der Waals surface area contributed by atoms with E-state index < -0.39 is 0 Å². The van der Waals surface area contributed by atoms with E-state index in [2.05, 4.69) is 33.0 Å². The Hall–Kier alpha value is -0.800. The van der Waals surface area contributed by atoms with Crippen molar-refractivity contribution in [3.63, 3.8) is 0 Å². The highest BCUT2D eigenvalue weighted by molar-refractivity contribution is 9.10. The molecular weight excluding hydrogens is 254 g/mol. The van der Waals surface area contributed by atoms with Crippen LogP contribution in [-0.4, -0.2) is 10.1 Å². The lowest BCUT2D eigenvalue weighted by molar-refractivity contribution is 0.158. The average molecular weight is 266 g/mol. The minimum atomic E-state index is -0.295. The van der Waals surface area contributed by atoms with Crippen molar-refractivity contribution in [3.05, 3.63) is 33.9 Å². The summed E-state index contributed by atoms with van der Waals surface area (Å²) in [5.41, 5.74) is 3.45. The third kappa shape index (κ3) is 1.42. The number of aromatic amines is 1. The molecule has 15 heavy (non-hydrogen) atoms. The molecule has 1 heterocycles. The third-order valence-corrected chi connectivity index (χ3v) is 3.61. The van der Waals surface area contributed by atoms with Crippen molar-refractivity contribution in [3.8, 4) is 0 Å². The van der Waals surface area contributed by atoms with E-state index in [9.17, 15) is 5.11 Å². The standard InChI is InChI=1S/C12H12BrNO/c13-7-4-5-9-8(6-7)12-10(14-9)2-1-3-11(12)15/h4-6,11,14-15H,1-3H2. The summed E-state index contributed by atoms with van der Waals surface area (Å²) >= 11 is 3.47. The van der Waals surface area contributed by atoms with Crippen molar-refractivity contribution in [2.45, 2.75) is 25.4 Å². The van der Waals surface area contributed by atoms with Gasteiger partial charge in [-0.15, -0.1) is 0 Å². The molecule has 3 heteroatoms. The third-order valence-electron chi connectivity index (χ3n) is 3.12. The fraction of sp³-hybridized carbons (Fsp3) is 0.333. The number of benzene rings is 1. The molecule has 0 saturated heterocycles. The highest BCUT2D eigenvalue weighted by Crippen LogP contribution is 2.36. The number of nitrogens with one attached hydrogen (secondary N) is 1. The minimum absolute atomic E-state index is 0.295. The minimum Gasteiger partial charge on any atom is -0.388 e. The summed E-state index contributed by atoms with van der Waals surface area (Å²) in [5.74, 6) is 0. The largest absolute Gasteiger partial charge is 0.388 e.